The van der Waals surface area contributed by atoms with Crippen molar-refractivity contribution in [1.82, 2.24) is 9.78 Å². The Morgan fingerprint density at radius 1 is 1.29 bits per heavy atom. The van der Waals surface area contributed by atoms with Gasteiger partial charge >= 0.3 is 0 Å². The number of nitrogens with zero attached hydrogens (tertiary/aromatic N) is 3. The summed E-state index contributed by atoms with van der Waals surface area (Å²) in [5, 5.41) is 4.40. The summed E-state index contributed by atoms with van der Waals surface area (Å²) in [7, 11) is 0. The van der Waals surface area contributed by atoms with Gasteiger partial charge in [-0.25, -0.2) is 4.68 Å². The van der Waals surface area contributed by atoms with E-state index in [2.05, 4.69) is 22.6 Å². The molecule has 0 spiro atoms. The first kappa shape index (κ1) is 14.9. The van der Waals surface area contributed by atoms with Crippen LogP contribution in [-0.2, 0) is 11.3 Å². The van der Waals surface area contributed by atoms with Gasteiger partial charge in [0.2, 0.25) is 0 Å². The Labute approximate surface area is 130 Å². The predicted molar refractivity (Wildman–Crippen MR) is 86.3 cm³/mol. The van der Waals surface area contributed by atoms with Gasteiger partial charge in [0, 0.05) is 37.8 Å². The Bertz CT molecular complexity index is 534. The molecular weight excluding hydrogens is 286 g/mol. The fourth-order valence-corrected chi connectivity index (χ4v) is 3.60. The van der Waals surface area contributed by atoms with E-state index in [0.29, 0.717) is 6.54 Å². The molecule has 2 fully saturated rings. The lowest BCUT2D eigenvalue weighted by molar-refractivity contribution is 0.0158. The van der Waals surface area contributed by atoms with Crippen LogP contribution in [0, 0.1) is 5.41 Å². The second-order valence-electron chi connectivity index (χ2n) is 6.17. The minimum atomic E-state index is -0.00736. The third-order valence-corrected chi connectivity index (χ3v) is 5.37. The van der Waals surface area contributed by atoms with Crippen molar-refractivity contribution in [3.63, 3.8) is 0 Å². The summed E-state index contributed by atoms with van der Waals surface area (Å²) in [4.78, 5) is 14.6. The van der Waals surface area contributed by atoms with Gasteiger partial charge in [-0.3, -0.25) is 4.79 Å². The van der Waals surface area contributed by atoms with Crippen LogP contribution in [0.5, 0.6) is 0 Å². The first-order valence-corrected chi connectivity index (χ1v) is 8.36. The summed E-state index contributed by atoms with van der Waals surface area (Å²) in [5.74, 6) is 0.762. The minimum Gasteiger partial charge on any atom is -0.381 e. The van der Waals surface area contributed by atoms with Gasteiger partial charge in [-0.2, -0.15) is 17.7 Å². The lowest BCUT2D eigenvalue weighted by atomic mass is 9.82. The van der Waals surface area contributed by atoms with E-state index in [9.17, 15) is 4.79 Å². The fraction of sp³-hybridized carbons (Fsp3) is 0.733. The highest BCUT2D eigenvalue weighted by molar-refractivity contribution is 7.80. The zero-order valence-electron chi connectivity index (χ0n) is 12.3. The van der Waals surface area contributed by atoms with Crippen LogP contribution < -0.4 is 10.5 Å². The molecule has 1 aromatic rings. The second-order valence-corrected chi connectivity index (χ2v) is 6.49. The maximum atomic E-state index is 12.3. The van der Waals surface area contributed by atoms with Gasteiger partial charge < -0.3 is 9.64 Å². The van der Waals surface area contributed by atoms with Crippen LogP contribution in [0.2, 0.25) is 0 Å². The molecule has 3 rings (SSSR count). The molecule has 0 radical (unpaired) electrons. The summed E-state index contributed by atoms with van der Waals surface area (Å²) in [6, 6.07) is 1.73. The molecule has 5 nitrogen and oxygen atoms in total. The van der Waals surface area contributed by atoms with Crippen molar-refractivity contribution in [1.29, 1.82) is 0 Å². The monoisotopic (exact) mass is 309 g/mol. The van der Waals surface area contributed by atoms with E-state index in [-0.39, 0.29) is 11.0 Å². The van der Waals surface area contributed by atoms with Crippen LogP contribution in [0.4, 0.5) is 5.69 Å². The molecule has 3 heterocycles. The van der Waals surface area contributed by atoms with Crippen molar-refractivity contribution in [3.8, 4) is 0 Å². The van der Waals surface area contributed by atoms with E-state index in [4.69, 9.17) is 4.74 Å². The van der Waals surface area contributed by atoms with Crippen LogP contribution in [0.25, 0.3) is 0 Å². The van der Waals surface area contributed by atoms with Gasteiger partial charge in [-0.1, -0.05) is 0 Å². The van der Waals surface area contributed by atoms with E-state index in [1.165, 1.54) is 12.8 Å². The number of hydrogen-bond donors (Lipinski definition) is 1. The SMILES string of the molecule is O=c1cc(N2CCCC2)cnn1CC1(CS)CCOCC1. The highest BCUT2D eigenvalue weighted by Crippen LogP contribution is 2.33. The van der Waals surface area contributed by atoms with Gasteiger partial charge in [0.25, 0.3) is 5.56 Å². The fourth-order valence-electron chi connectivity index (χ4n) is 3.18. The summed E-state index contributed by atoms with van der Waals surface area (Å²) < 4.78 is 7.03. The Kier molecular flexibility index (Phi) is 4.54. The van der Waals surface area contributed by atoms with Gasteiger partial charge in [-0.05, 0) is 31.4 Å². The van der Waals surface area contributed by atoms with Crippen molar-refractivity contribution in [3.05, 3.63) is 22.6 Å². The Morgan fingerprint density at radius 2 is 2.00 bits per heavy atom. The van der Waals surface area contributed by atoms with E-state index in [1.807, 2.05) is 6.20 Å². The van der Waals surface area contributed by atoms with E-state index in [1.54, 1.807) is 10.7 Å². The van der Waals surface area contributed by atoms with Gasteiger partial charge in [-0.15, -0.1) is 0 Å². The zero-order valence-corrected chi connectivity index (χ0v) is 13.2. The van der Waals surface area contributed by atoms with Crippen molar-refractivity contribution < 1.29 is 4.74 Å². The molecule has 6 heteroatoms. The molecule has 0 atom stereocenters. The van der Waals surface area contributed by atoms with Crippen molar-refractivity contribution >= 4 is 18.3 Å². The standard InChI is InChI=1S/C15H23N3O2S/c19-14-9-13(17-5-1-2-6-17)10-16-18(14)11-15(12-21)3-7-20-8-4-15/h9-10,21H,1-8,11-12H2. The summed E-state index contributed by atoms with van der Waals surface area (Å²) in [5.41, 5.74) is 0.987. The number of ether oxygens (including phenoxy) is 1. The number of aromatic nitrogens is 2. The quantitative estimate of drug-likeness (QED) is 0.858. The molecule has 0 amide bonds. The van der Waals surface area contributed by atoms with Crippen molar-refractivity contribution in [2.45, 2.75) is 32.2 Å². The van der Waals surface area contributed by atoms with Crippen LogP contribution in [-0.4, -0.2) is 41.8 Å². The molecule has 0 unspecified atom stereocenters. The molecule has 0 bridgehead atoms. The molecule has 1 aromatic heterocycles. The molecule has 0 saturated carbocycles. The van der Waals surface area contributed by atoms with Crippen LogP contribution in [0.3, 0.4) is 0 Å². The number of thiol groups is 1. The summed E-state index contributed by atoms with van der Waals surface area (Å²) >= 11 is 4.50. The Morgan fingerprint density at radius 3 is 2.62 bits per heavy atom. The molecule has 0 N–H and O–H groups in total. The molecule has 0 aliphatic carbocycles. The molecular formula is C15H23N3O2S. The maximum Gasteiger partial charge on any atom is 0.268 e. The molecule has 0 aromatic carbocycles. The largest absolute Gasteiger partial charge is 0.381 e. The molecule has 116 valence electrons. The highest BCUT2D eigenvalue weighted by atomic mass is 32.1. The van der Waals surface area contributed by atoms with E-state index in [0.717, 1.165) is 50.6 Å². The molecule has 2 aliphatic heterocycles. The normalized spacial score (nSPS) is 21.7. The Balaban J connectivity index is 1.77. The number of rotatable bonds is 4. The van der Waals surface area contributed by atoms with Gasteiger partial charge in [0.15, 0.2) is 0 Å². The van der Waals surface area contributed by atoms with E-state index >= 15 is 0 Å². The number of hydrogen-bond acceptors (Lipinski definition) is 5. The van der Waals surface area contributed by atoms with Gasteiger partial charge in [0.1, 0.15) is 0 Å². The molecule has 2 aliphatic rings. The topological polar surface area (TPSA) is 47.4 Å². The maximum absolute atomic E-state index is 12.3. The second kappa shape index (κ2) is 6.40. The molecule has 21 heavy (non-hydrogen) atoms. The Hall–Kier alpha value is -1.01. The first-order chi connectivity index (χ1) is 10.2. The third kappa shape index (κ3) is 3.26. The van der Waals surface area contributed by atoms with Crippen molar-refractivity contribution in [2.75, 3.05) is 37.0 Å². The lowest BCUT2D eigenvalue weighted by Gasteiger charge is -2.35. The first-order valence-electron chi connectivity index (χ1n) is 7.73. The van der Waals surface area contributed by atoms with Crippen LogP contribution in [0.1, 0.15) is 25.7 Å². The highest BCUT2D eigenvalue weighted by Gasteiger charge is 2.32. The van der Waals surface area contributed by atoms with Crippen LogP contribution in [0.15, 0.2) is 17.1 Å². The summed E-state index contributed by atoms with van der Waals surface area (Å²) in [6.45, 7) is 4.20. The average molecular weight is 309 g/mol. The minimum absolute atomic E-state index is 0.00736. The van der Waals surface area contributed by atoms with Gasteiger partial charge in [0.05, 0.1) is 18.4 Å². The van der Waals surface area contributed by atoms with Crippen LogP contribution >= 0.6 is 12.6 Å². The predicted octanol–water partition coefficient (Wildman–Crippen LogP) is 1.57. The third-order valence-electron chi connectivity index (χ3n) is 4.70. The number of anilines is 1. The zero-order chi connectivity index (χ0) is 14.7. The molecule has 2 saturated heterocycles. The lowest BCUT2D eigenvalue weighted by Crippen LogP contribution is -2.39. The average Bonchev–Trinajstić information content (AvgIpc) is 3.05. The summed E-state index contributed by atoms with van der Waals surface area (Å²) in [6.07, 6.45) is 6.12. The smallest absolute Gasteiger partial charge is 0.268 e. The van der Waals surface area contributed by atoms with Crippen molar-refractivity contribution in [2.24, 2.45) is 5.41 Å². The van der Waals surface area contributed by atoms with E-state index < -0.39 is 0 Å².